The van der Waals surface area contributed by atoms with Crippen LogP contribution >= 0.6 is 0 Å². The number of ether oxygens (including phenoxy) is 2. The second-order valence-corrected chi connectivity index (χ2v) is 6.79. The van der Waals surface area contributed by atoms with Crippen LogP contribution in [-0.4, -0.2) is 61.2 Å². The van der Waals surface area contributed by atoms with Crippen molar-refractivity contribution < 1.29 is 29.0 Å². The van der Waals surface area contributed by atoms with E-state index in [2.05, 4.69) is 5.32 Å². The summed E-state index contributed by atoms with van der Waals surface area (Å²) in [4.78, 5) is 38.1. The van der Waals surface area contributed by atoms with Gasteiger partial charge in [0.2, 0.25) is 5.91 Å². The van der Waals surface area contributed by atoms with E-state index in [4.69, 9.17) is 9.47 Å². The summed E-state index contributed by atoms with van der Waals surface area (Å²) in [7, 11) is 0. The predicted molar refractivity (Wildman–Crippen MR) is 91.6 cm³/mol. The third kappa shape index (κ3) is 3.33. The minimum absolute atomic E-state index is 0.0835. The zero-order valence-corrected chi connectivity index (χ0v) is 14.5. The van der Waals surface area contributed by atoms with E-state index < -0.39 is 35.9 Å². The van der Waals surface area contributed by atoms with Crippen LogP contribution in [0.1, 0.15) is 10.4 Å². The lowest BCUT2D eigenvalue weighted by molar-refractivity contribution is -0.313. The monoisotopic (exact) mass is 371 g/mol. The van der Waals surface area contributed by atoms with Crippen LogP contribution in [0.4, 0.5) is 5.69 Å². The SMILES string of the molecule is O=C([O-])[C@@H]1[C@H](C(=O)Nc2ccc(C(=O)N3CCOCC3)cc2)[C@H]2C=C[C@@H]1O2. The smallest absolute Gasteiger partial charge is 0.254 e. The molecule has 0 radical (unpaired) electrons. The number of carbonyl (C=O) groups is 3. The van der Waals surface area contributed by atoms with Gasteiger partial charge in [-0.1, -0.05) is 12.2 Å². The second-order valence-electron chi connectivity index (χ2n) is 6.79. The Hall–Kier alpha value is -2.71. The fourth-order valence-electron chi connectivity index (χ4n) is 3.77. The van der Waals surface area contributed by atoms with Crippen molar-refractivity contribution in [3.63, 3.8) is 0 Å². The van der Waals surface area contributed by atoms with E-state index in [1.54, 1.807) is 41.3 Å². The van der Waals surface area contributed by atoms with Crippen LogP contribution in [0.15, 0.2) is 36.4 Å². The summed E-state index contributed by atoms with van der Waals surface area (Å²) in [5, 5.41) is 14.1. The van der Waals surface area contributed by atoms with E-state index in [-0.39, 0.29) is 5.91 Å². The van der Waals surface area contributed by atoms with Crippen molar-refractivity contribution in [1.29, 1.82) is 0 Å². The van der Waals surface area contributed by atoms with E-state index >= 15 is 0 Å². The van der Waals surface area contributed by atoms with E-state index in [0.717, 1.165) is 0 Å². The zero-order valence-electron chi connectivity index (χ0n) is 14.5. The lowest BCUT2D eigenvalue weighted by atomic mass is 9.82. The van der Waals surface area contributed by atoms with E-state index in [0.29, 0.717) is 37.6 Å². The van der Waals surface area contributed by atoms with Gasteiger partial charge >= 0.3 is 0 Å². The molecule has 8 nitrogen and oxygen atoms in total. The Labute approximate surface area is 155 Å². The van der Waals surface area contributed by atoms with Gasteiger partial charge in [-0.3, -0.25) is 9.59 Å². The quantitative estimate of drug-likeness (QED) is 0.710. The van der Waals surface area contributed by atoms with Crippen molar-refractivity contribution >= 4 is 23.5 Å². The number of aliphatic carboxylic acids is 1. The molecule has 2 fully saturated rings. The summed E-state index contributed by atoms with van der Waals surface area (Å²) in [5.74, 6) is -3.64. The Kier molecular flexibility index (Phi) is 4.67. The maximum atomic E-state index is 12.6. The number of carbonyl (C=O) groups excluding carboxylic acids is 3. The minimum Gasteiger partial charge on any atom is -0.550 e. The first kappa shape index (κ1) is 17.7. The summed E-state index contributed by atoms with van der Waals surface area (Å²) in [5.41, 5.74) is 1.01. The molecule has 3 aliphatic rings. The maximum Gasteiger partial charge on any atom is 0.254 e. The molecule has 0 aromatic heterocycles. The number of nitrogens with zero attached hydrogens (tertiary/aromatic N) is 1. The molecular weight excluding hydrogens is 352 g/mol. The number of benzene rings is 1. The normalized spacial score (nSPS) is 29.0. The van der Waals surface area contributed by atoms with Crippen molar-refractivity contribution in [2.24, 2.45) is 11.8 Å². The van der Waals surface area contributed by atoms with E-state index in [9.17, 15) is 19.5 Å². The van der Waals surface area contributed by atoms with Gasteiger partial charge in [-0.25, -0.2) is 0 Å². The van der Waals surface area contributed by atoms with Gasteiger partial charge in [-0.05, 0) is 24.3 Å². The molecule has 2 amide bonds. The maximum absolute atomic E-state index is 12.6. The fraction of sp³-hybridized carbons (Fsp3) is 0.421. The number of hydrogen-bond acceptors (Lipinski definition) is 6. The van der Waals surface area contributed by atoms with Crippen LogP contribution in [0.3, 0.4) is 0 Å². The summed E-state index contributed by atoms with van der Waals surface area (Å²) in [6, 6.07) is 6.54. The molecule has 2 bridgehead atoms. The number of rotatable bonds is 4. The molecule has 27 heavy (non-hydrogen) atoms. The third-order valence-corrected chi connectivity index (χ3v) is 5.17. The Morgan fingerprint density at radius 2 is 1.63 bits per heavy atom. The van der Waals surface area contributed by atoms with Gasteiger partial charge in [0.1, 0.15) is 0 Å². The summed E-state index contributed by atoms with van der Waals surface area (Å²) >= 11 is 0. The molecule has 4 rings (SSSR count). The molecule has 0 saturated carbocycles. The molecule has 3 heterocycles. The van der Waals surface area contributed by atoms with Gasteiger partial charge in [-0.2, -0.15) is 0 Å². The van der Waals surface area contributed by atoms with Crippen LogP contribution in [0.2, 0.25) is 0 Å². The van der Waals surface area contributed by atoms with Crippen LogP contribution in [0.25, 0.3) is 0 Å². The molecule has 142 valence electrons. The lowest BCUT2D eigenvalue weighted by Gasteiger charge is -2.27. The minimum atomic E-state index is -1.29. The molecule has 4 atom stereocenters. The molecule has 8 heteroatoms. The van der Waals surface area contributed by atoms with Gasteiger partial charge in [0, 0.05) is 36.2 Å². The molecule has 3 aliphatic heterocycles. The third-order valence-electron chi connectivity index (χ3n) is 5.17. The number of nitrogens with one attached hydrogen (secondary N) is 1. The van der Waals surface area contributed by atoms with Gasteiger partial charge in [0.15, 0.2) is 0 Å². The van der Waals surface area contributed by atoms with E-state index in [1.807, 2.05) is 0 Å². The second kappa shape index (κ2) is 7.13. The van der Waals surface area contributed by atoms with Crippen molar-refractivity contribution in [3.8, 4) is 0 Å². The number of anilines is 1. The van der Waals surface area contributed by atoms with Gasteiger partial charge < -0.3 is 29.6 Å². The molecule has 2 saturated heterocycles. The molecule has 0 spiro atoms. The number of carboxylic acids is 1. The number of fused-ring (bicyclic) bond motifs is 2. The molecule has 0 aliphatic carbocycles. The summed E-state index contributed by atoms with van der Waals surface area (Å²) in [6.45, 7) is 2.17. The molecule has 1 aromatic rings. The number of amides is 2. The summed E-state index contributed by atoms with van der Waals surface area (Å²) in [6.07, 6.45) is 2.18. The topological polar surface area (TPSA) is 108 Å². The standard InChI is InChI=1S/C19H20N2O6/c22-17(15-13-5-6-14(27-13)16(15)19(24)25)20-12-3-1-11(2-4-12)18(23)21-7-9-26-10-8-21/h1-6,13-16H,7-10H2,(H,20,22)(H,24,25)/p-1/t13-,14+,15-,16+/m1/s1. The van der Waals surface area contributed by atoms with Crippen LogP contribution in [0, 0.1) is 11.8 Å². The average Bonchev–Trinajstić information content (AvgIpc) is 3.30. The Morgan fingerprint density at radius 1 is 1.00 bits per heavy atom. The van der Waals surface area contributed by atoms with Crippen molar-refractivity contribution in [2.45, 2.75) is 12.2 Å². The Morgan fingerprint density at radius 3 is 2.26 bits per heavy atom. The van der Waals surface area contributed by atoms with Gasteiger partial charge in [0.05, 0.1) is 31.3 Å². The first-order valence-corrected chi connectivity index (χ1v) is 8.87. The zero-order chi connectivity index (χ0) is 19.0. The highest BCUT2D eigenvalue weighted by Gasteiger charge is 2.50. The van der Waals surface area contributed by atoms with Crippen molar-refractivity contribution in [1.82, 2.24) is 4.90 Å². The highest BCUT2D eigenvalue weighted by molar-refractivity contribution is 5.98. The fourth-order valence-corrected chi connectivity index (χ4v) is 3.77. The van der Waals surface area contributed by atoms with Gasteiger partial charge in [0.25, 0.3) is 5.91 Å². The number of morpholine rings is 1. The van der Waals surface area contributed by atoms with Gasteiger partial charge in [-0.15, -0.1) is 0 Å². The first-order valence-electron chi connectivity index (χ1n) is 8.87. The predicted octanol–water partition coefficient (Wildman–Crippen LogP) is -0.583. The van der Waals surface area contributed by atoms with Crippen molar-refractivity contribution in [2.75, 3.05) is 31.6 Å². The van der Waals surface area contributed by atoms with Crippen LogP contribution < -0.4 is 10.4 Å². The largest absolute Gasteiger partial charge is 0.550 e. The summed E-state index contributed by atoms with van der Waals surface area (Å²) < 4.78 is 10.7. The van der Waals surface area contributed by atoms with Crippen LogP contribution in [-0.2, 0) is 19.1 Å². The highest BCUT2D eigenvalue weighted by Crippen LogP contribution is 2.39. The van der Waals surface area contributed by atoms with E-state index in [1.165, 1.54) is 0 Å². The van der Waals surface area contributed by atoms with Crippen molar-refractivity contribution in [3.05, 3.63) is 42.0 Å². The Balaban J connectivity index is 1.42. The lowest BCUT2D eigenvalue weighted by Crippen LogP contribution is -2.45. The highest BCUT2D eigenvalue weighted by atomic mass is 16.5. The average molecular weight is 371 g/mol. The molecule has 1 aromatic carbocycles. The Bertz CT molecular complexity index is 784. The number of hydrogen-bond donors (Lipinski definition) is 1. The molecular formula is C19H19N2O6-. The molecule has 1 N–H and O–H groups in total. The first-order chi connectivity index (χ1) is 13.0. The number of carboxylic acid groups (broad SMARTS) is 1. The molecule has 0 unspecified atom stereocenters. The van der Waals surface area contributed by atoms with Crippen LogP contribution in [0.5, 0.6) is 0 Å².